The topological polar surface area (TPSA) is 38.3 Å². The Kier molecular flexibility index (Phi) is 8.98. The Bertz CT molecular complexity index is 151. The van der Waals surface area contributed by atoms with Crippen LogP contribution < -0.4 is 5.32 Å². The Labute approximate surface area is 84.8 Å². The van der Waals surface area contributed by atoms with E-state index in [0.29, 0.717) is 13.2 Å². The minimum atomic E-state index is -0.321. The molecule has 0 bridgehead atoms. The molecule has 0 saturated heterocycles. The molecule has 0 saturated carbocycles. The number of carbonyl (C=O) groups excluding carboxylic acids is 1. The fourth-order valence-corrected chi connectivity index (χ4v) is 0.916. The molecule has 0 aliphatic carbocycles. The molecule has 0 radical (unpaired) electrons. The normalized spacial score (nSPS) is 9.31. The molecule has 3 nitrogen and oxygen atoms in total. The Morgan fingerprint density at radius 1 is 1.54 bits per heavy atom. The van der Waals surface area contributed by atoms with Gasteiger partial charge in [0.1, 0.15) is 0 Å². The molecule has 0 aromatic heterocycles. The van der Waals surface area contributed by atoms with Gasteiger partial charge in [0.15, 0.2) is 0 Å². The second kappa shape index (κ2) is 9.45. The van der Waals surface area contributed by atoms with Gasteiger partial charge >= 0.3 is 6.09 Å². The van der Waals surface area contributed by atoms with Crippen LogP contribution in [-0.4, -0.2) is 24.6 Å². The van der Waals surface area contributed by atoms with E-state index in [2.05, 4.69) is 24.5 Å². The molecule has 4 heteroatoms. The van der Waals surface area contributed by atoms with Gasteiger partial charge < -0.3 is 10.1 Å². The molecule has 0 aliphatic rings. The molecule has 1 amide bonds. The maximum absolute atomic E-state index is 10.9. The molecule has 0 fully saturated rings. The fourth-order valence-electron chi connectivity index (χ4n) is 0.750. The lowest BCUT2D eigenvalue weighted by Crippen LogP contribution is -2.25. The molecule has 76 valence electrons. The number of alkyl carbamates (subject to hydrolysis) is 1. The first-order valence-electron chi connectivity index (χ1n) is 4.65. The fraction of sp³-hybridized carbons (Fsp3) is 0.778. The van der Waals surface area contributed by atoms with E-state index in [4.69, 9.17) is 4.74 Å². The van der Waals surface area contributed by atoms with Crippen LogP contribution in [0.1, 0.15) is 32.6 Å². The summed E-state index contributed by atoms with van der Waals surface area (Å²) in [6.07, 6.45) is 3.38. The minimum Gasteiger partial charge on any atom is -0.450 e. The van der Waals surface area contributed by atoms with E-state index in [1.807, 2.05) is 0 Å². The van der Waals surface area contributed by atoms with Crippen LogP contribution in [0, 0.1) is 0 Å². The van der Waals surface area contributed by atoms with Gasteiger partial charge in [-0.3, -0.25) is 0 Å². The number of amides is 1. The molecule has 13 heavy (non-hydrogen) atoms. The van der Waals surface area contributed by atoms with Crippen LogP contribution in [0.5, 0.6) is 0 Å². The predicted molar refractivity (Wildman–Crippen MR) is 57.1 cm³/mol. The standard InChI is InChI=1S/C9H17NO2S/c1-2-3-6-10-9(11)12-7-4-5-8-13/h8H,2-7H2,1H3,(H,10,11). The number of hydrogen-bond donors (Lipinski definition) is 1. The van der Waals surface area contributed by atoms with Crippen molar-refractivity contribution in [3.05, 3.63) is 0 Å². The zero-order valence-electron chi connectivity index (χ0n) is 8.04. The number of thiocarbonyl (C=S) groups is 1. The molecule has 0 rings (SSSR count). The number of nitrogens with one attached hydrogen (secondary N) is 1. The highest BCUT2D eigenvalue weighted by Crippen LogP contribution is 1.89. The van der Waals surface area contributed by atoms with Crippen LogP contribution in [0.25, 0.3) is 0 Å². The average molecular weight is 203 g/mol. The summed E-state index contributed by atoms with van der Waals surface area (Å²) in [5, 5.41) is 4.31. The minimum absolute atomic E-state index is 0.321. The van der Waals surface area contributed by atoms with Crippen molar-refractivity contribution >= 4 is 23.7 Å². The number of hydrogen-bond acceptors (Lipinski definition) is 3. The van der Waals surface area contributed by atoms with E-state index in [-0.39, 0.29) is 6.09 Å². The van der Waals surface area contributed by atoms with E-state index in [1.54, 1.807) is 5.37 Å². The van der Waals surface area contributed by atoms with Crippen LogP contribution in [0.4, 0.5) is 4.79 Å². The first-order valence-corrected chi connectivity index (χ1v) is 5.12. The molecule has 0 heterocycles. The van der Waals surface area contributed by atoms with Crippen molar-refractivity contribution in [2.45, 2.75) is 32.6 Å². The van der Waals surface area contributed by atoms with Crippen LogP contribution in [-0.2, 0) is 4.74 Å². The third kappa shape index (κ3) is 9.27. The van der Waals surface area contributed by atoms with Crippen molar-refractivity contribution in [3.8, 4) is 0 Å². The predicted octanol–water partition coefficient (Wildman–Crippen LogP) is 2.29. The maximum Gasteiger partial charge on any atom is 0.407 e. The first kappa shape index (κ1) is 12.4. The SMILES string of the molecule is CCCCNC(=O)OCCCC=S. The lowest BCUT2D eigenvalue weighted by atomic mass is 10.3. The summed E-state index contributed by atoms with van der Waals surface area (Å²) in [4.78, 5) is 10.9. The Morgan fingerprint density at radius 3 is 2.92 bits per heavy atom. The van der Waals surface area contributed by atoms with Crippen molar-refractivity contribution in [3.63, 3.8) is 0 Å². The van der Waals surface area contributed by atoms with E-state index >= 15 is 0 Å². The van der Waals surface area contributed by atoms with Crippen molar-refractivity contribution < 1.29 is 9.53 Å². The monoisotopic (exact) mass is 203 g/mol. The van der Waals surface area contributed by atoms with Gasteiger partial charge in [0.2, 0.25) is 0 Å². The van der Waals surface area contributed by atoms with E-state index in [9.17, 15) is 4.79 Å². The summed E-state index contributed by atoms with van der Waals surface area (Å²) in [7, 11) is 0. The Balaban J connectivity index is 3.15. The molecule has 0 aromatic carbocycles. The second-order valence-corrected chi connectivity index (χ2v) is 3.06. The van der Waals surface area contributed by atoms with Gasteiger partial charge in [0.05, 0.1) is 6.61 Å². The third-order valence-corrected chi connectivity index (χ3v) is 1.73. The third-order valence-electron chi connectivity index (χ3n) is 1.50. The molecular weight excluding hydrogens is 186 g/mol. The number of carbonyl (C=O) groups is 1. The molecule has 0 aromatic rings. The van der Waals surface area contributed by atoms with Crippen molar-refractivity contribution in [1.82, 2.24) is 5.32 Å². The lowest BCUT2D eigenvalue weighted by Gasteiger charge is -2.04. The summed E-state index contributed by atoms with van der Waals surface area (Å²) < 4.78 is 4.87. The highest BCUT2D eigenvalue weighted by molar-refractivity contribution is 7.78. The van der Waals surface area contributed by atoms with Crippen LogP contribution in [0.3, 0.4) is 0 Å². The zero-order chi connectivity index (χ0) is 9.94. The van der Waals surface area contributed by atoms with Gasteiger partial charge in [-0.1, -0.05) is 25.6 Å². The second-order valence-electron chi connectivity index (χ2n) is 2.73. The van der Waals surface area contributed by atoms with Gasteiger partial charge in [-0.15, -0.1) is 0 Å². The van der Waals surface area contributed by atoms with Crippen molar-refractivity contribution in [2.75, 3.05) is 13.2 Å². The number of rotatable bonds is 7. The summed E-state index contributed by atoms with van der Waals surface area (Å²) in [6, 6.07) is 0. The summed E-state index contributed by atoms with van der Waals surface area (Å²) in [5.41, 5.74) is 0. The number of ether oxygens (including phenoxy) is 1. The van der Waals surface area contributed by atoms with Crippen molar-refractivity contribution in [1.29, 1.82) is 0 Å². The lowest BCUT2D eigenvalue weighted by molar-refractivity contribution is 0.145. The van der Waals surface area contributed by atoms with Gasteiger partial charge in [0, 0.05) is 6.54 Å². The molecule has 0 atom stereocenters. The van der Waals surface area contributed by atoms with E-state index in [0.717, 1.165) is 25.7 Å². The Morgan fingerprint density at radius 2 is 2.31 bits per heavy atom. The van der Waals surface area contributed by atoms with Crippen LogP contribution in [0.15, 0.2) is 0 Å². The largest absolute Gasteiger partial charge is 0.450 e. The first-order chi connectivity index (χ1) is 6.31. The van der Waals surface area contributed by atoms with Gasteiger partial charge in [-0.25, -0.2) is 4.79 Å². The van der Waals surface area contributed by atoms with Crippen molar-refractivity contribution in [2.24, 2.45) is 0 Å². The summed E-state index contributed by atoms with van der Waals surface area (Å²) >= 11 is 4.64. The van der Waals surface area contributed by atoms with Crippen LogP contribution >= 0.6 is 12.2 Å². The molecule has 0 unspecified atom stereocenters. The molecular formula is C9H17NO2S. The number of unbranched alkanes of at least 4 members (excludes halogenated alkanes) is 2. The van der Waals surface area contributed by atoms with Gasteiger partial charge in [0.25, 0.3) is 0 Å². The summed E-state index contributed by atoms with van der Waals surface area (Å²) in [6.45, 7) is 3.22. The molecule has 0 aliphatic heterocycles. The molecule has 0 spiro atoms. The highest BCUT2D eigenvalue weighted by atomic mass is 32.1. The van der Waals surface area contributed by atoms with Gasteiger partial charge in [-0.2, -0.15) is 0 Å². The van der Waals surface area contributed by atoms with Gasteiger partial charge in [-0.05, 0) is 24.6 Å². The highest BCUT2D eigenvalue weighted by Gasteiger charge is 1.98. The Hall–Kier alpha value is -0.640. The maximum atomic E-state index is 10.9. The quantitative estimate of drug-likeness (QED) is 0.509. The zero-order valence-corrected chi connectivity index (χ0v) is 8.86. The molecule has 1 N–H and O–H groups in total. The smallest absolute Gasteiger partial charge is 0.407 e. The summed E-state index contributed by atoms with van der Waals surface area (Å²) in [5.74, 6) is 0. The van der Waals surface area contributed by atoms with E-state index < -0.39 is 0 Å². The van der Waals surface area contributed by atoms with E-state index in [1.165, 1.54) is 0 Å². The van der Waals surface area contributed by atoms with Crippen LogP contribution in [0.2, 0.25) is 0 Å². The average Bonchev–Trinajstić information content (AvgIpc) is 2.13.